The normalized spacial score (nSPS) is 11.1. The second-order valence-corrected chi connectivity index (χ2v) is 9.45. The molecule has 0 amide bonds. The van der Waals surface area contributed by atoms with E-state index in [4.69, 9.17) is 0 Å². The Balaban J connectivity index is 1.32. The molecule has 0 aliphatic rings. The first-order valence-corrected chi connectivity index (χ1v) is 12.0. The van der Waals surface area contributed by atoms with Gasteiger partial charge < -0.3 is 9.13 Å². The second kappa shape index (κ2) is 10.7. The summed E-state index contributed by atoms with van der Waals surface area (Å²) >= 11 is 1.52. The molecule has 0 spiro atoms. The first kappa shape index (κ1) is 23.1. The molecule has 1 N–H and O–H groups in total. The maximum atomic E-state index is 12.7. The molecular formula is C27H30N4OS. The van der Waals surface area contributed by atoms with E-state index < -0.39 is 0 Å². The highest BCUT2D eigenvalue weighted by Crippen LogP contribution is 2.18. The van der Waals surface area contributed by atoms with Gasteiger partial charge in [0.1, 0.15) is 0 Å². The zero-order valence-corrected chi connectivity index (χ0v) is 20.2. The van der Waals surface area contributed by atoms with Crippen LogP contribution in [0.15, 0.2) is 83.0 Å². The van der Waals surface area contributed by atoms with E-state index in [1.807, 2.05) is 31.7 Å². The maximum absolute atomic E-state index is 12.7. The van der Waals surface area contributed by atoms with Gasteiger partial charge in [-0.1, -0.05) is 59.7 Å². The SMILES string of the molecule is Cc1ccc(Cn2cncc2CCNSc2cc(=O)n(Cc3cccc(C)c3)cc2C)cc1. The van der Waals surface area contributed by atoms with Crippen molar-refractivity contribution in [1.82, 2.24) is 18.8 Å². The number of hydrogen-bond acceptors (Lipinski definition) is 4. The molecule has 5 nitrogen and oxygen atoms in total. The molecule has 33 heavy (non-hydrogen) atoms. The first-order valence-electron chi connectivity index (χ1n) is 11.2. The summed E-state index contributed by atoms with van der Waals surface area (Å²) in [6.07, 6.45) is 6.63. The van der Waals surface area contributed by atoms with Gasteiger partial charge in [-0.05, 0) is 49.4 Å². The first-order chi connectivity index (χ1) is 16.0. The summed E-state index contributed by atoms with van der Waals surface area (Å²) < 4.78 is 7.38. The van der Waals surface area contributed by atoms with E-state index in [0.717, 1.165) is 35.5 Å². The van der Waals surface area contributed by atoms with Crippen molar-refractivity contribution in [2.75, 3.05) is 6.54 Å². The minimum atomic E-state index is 0.0163. The topological polar surface area (TPSA) is 51.9 Å². The number of aryl methyl sites for hydroxylation is 3. The molecule has 0 aliphatic heterocycles. The van der Waals surface area contributed by atoms with Gasteiger partial charge in [0, 0.05) is 48.6 Å². The lowest BCUT2D eigenvalue weighted by atomic mass is 10.1. The highest BCUT2D eigenvalue weighted by molar-refractivity contribution is 7.97. The standard InChI is InChI=1S/C27H30N4OS/c1-20-7-9-23(10-8-20)17-31-19-28-15-25(31)11-12-29-33-26-14-27(32)30(16-22(26)3)18-24-6-4-5-21(2)13-24/h4-10,13-16,19,29H,11-12,17-18H2,1-3H3. The average Bonchev–Trinajstić information content (AvgIpc) is 3.23. The lowest BCUT2D eigenvalue weighted by molar-refractivity contribution is 0.725. The number of hydrogen-bond donors (Lipinski definition) is 1. The fourth-order valence-electron chi connectivity index (χ4n) is 3.81. The van der Waals surface area contributed by atoms with E-state index in [0.29, 0.717) is 6.54 Å². The minimum absolute atomic E-state index is 0.0163. The van der Waals surface area contributed by atoms with E-state index in [-0.39, 0.29) is 5.56 Å². The van der Waals surface area contributed by atoms with Gasteiger partial charge in [-0.25, -0.2) is 4.98 Å². The van der Waals surface area contributed by atoms with Crippen molar-refractivity contribution in [3.63, 3.8) is 0 Å². The Hall–Kier alpha value is -3.09. The van der Waals surface area contributed by atoms with Crippen molar-refractivity contribution in [2.24, 2.45) is 0 Å². The molecule has 0 aliphatic carbocycles. The second-order valence-electron chi connectivity index (χ2n) is 8.52. The molecule has 0 saturated heterocycles. The van der Waals surface area contributed by atoms with E-state index in [9.17, 15) is 4.79 Å². The Kier molecular flexibility index (Phi) is 7.47. The molecule has 4 rings (SSSR count). The van der Waals surface area contributed by atoms with Crippen molar-refractivity contribution >= 4 is 11.9 Å². The van der Waals surface area contributed by atoms with Crippen LogP contribution in [0.1, 0.15) is 33.5 Å². The highest BCUT2D eigenvalue weighted by atomic mass is 32.2. The summed E-state index contributed by atoms with van der Waals surface area (Å²) in [5.74, 6) is 0. The Morgan fingerprint density at radius 1 is 0.909 bits per heavy atom. The number of nitrogens with one attached hydrogen (secondary N) is 1. The summed E-state index contributed by atoms with van der Waals surface area (Å²) in [6, 6.07) is 18.6. The number of imidazole rings is 1. The number of pyridine rings is 1. The van der Waals surface area contributed by atoms with Gasteiger partial charge in [-0.3, -0.25) is 9.52 Å². The van der Waals surface area contributed by atoms with Crippen LogP contribution in [0.25, 0.3) is 0 Å². The molecule has 2 aromatic heterocycles. The van der Waals surface area contributed by atoms with E-state index in [1.165, 1.54) is 34.3 Å². The Bertz CT molecular complexity index is 1270. The zero-order valence-electron chi connectivity index (χ0n) is 19.4. The molecule has 0 bridgehead atoms. The molecular weight excluding hydrogens is 428 g/mol. The Labute approximate surface area is 199 Å². The van der Waals surface area contributed by atoms with Gasteiger partial charge in [0.15, 0.2) is 0 Å². The Morgan fingerprint density at radius 3 is 2.48 bits per heavy atom. The summed E-state index contributed by atoms with van der Waals surface area (Å²) in [5, 5.41) is 0. The molecule has 0 saturated carbocycles. The molecule has 0 fully saturated rings. The van der Waals surface area contributed by atoms with Crippen LogP contribution in [0.3, 0.4) is 0 Å². The van der Waals surface area contributed by atoms with Crippen molar-refractivity contribution in [3.05, 3.63) is 117 Å². The van der Waals surface area contributed by atoms with Crippen LogP contribution in [0.5, 0.6) is 0 Å². The predicted molar refractivity (Wildman–Crippen MR) is 136 cm³/mol. The van der Waals surface area contributed by atoms with E-state index in [2.05, 4.69) is 70.6 Å². The third-order valence-corrected chi connectivity index (χ3v) is 6.66. The van der Waals surface area contributed by atoms with Gasteiger partial charge in [-0.15, -0.1) is 0 Å². The molecule has 0 unspecified atom stereocenters. The molecule has 0 radical (unpaired) electrons. The third kappa shape index (κ3) is 6.24. The van der Waals surface area contributed by atoms with Crippen LogP contribution >= 0.6 is 11.9 Å². The van der Waals surface area contributed by atoms with Crippen LogP contribution in [0.2, 0.25) is 0 Å². The van der Waals surface area contributed by atoms with E-state index >= 15 is 0 Å². The van der Waals surface area contributed by atoms with Gasteiger partial charge in [-0.2, -0.15) is 0 Å². The number of benzene rings is 2. The maximum Gasteiger partial charge on any atom is 0.252 e. The van der Waals surface area contributed by atoms with Gasteiger partial charge in [0.05, 0.1) is 12.9 Å². The molecule has 2 aromatic carbocycles. The number of aromatic nitrogens is 3. The van der Waals surface area contributed by atoms with Crippen LogP contribution < -0.4 is 10.3 Å². The quantitative estimate of drug-likeness (QED) is 0.286. The van der Waals surface area contributed by atoms with Gasteiger partial charge in [0.25, 0.3) is 5.56 Å². The van der Waals surface area contributed by atoms with Crippen molar-refractivity contribution < 1.29 is 0 Å². The van der Waals surface area contributed by atoms with Gasteiger partial charge in [0.2, 0.25) is 0 Å². The summed E-state index contributed by atoms with van der Waals surface area (Å²) in [7, 11) is 0. The average molecular weight is 459 g/mol. The summed E-state index contributed by atoms with van der Waals surface area (Å²) in [4.78, 5) is 17.9. The Morgan fingerprint density at radius 2 is 1.70 bits per heavy atom. The number of nitrogens with zero attached hydrogens (tertiary/aromatic N) is 3. The summed E-state index contributed by atoms with van der Waals surface area (Å²) in [6.45, 7) is 8.41. The van der Waals surface area contributed by atoms with Crippen LogP contribution in [-0.4, -0.2) is 20.7 Å². The van der Waals surface area contributed by atoms with Crippen LogP contribution in [-0.2, 0) is 19.5 Å². The lowest BCUT2D eigenvalue weighted by Crippen LogP contribution is -2.21. The lowest BCUT2D eigenvalue weighted by Gasteiger charge is -2.12. The fourth-order valence-corrected chi connectivity index (χ4v) is 4.54. The highest BCUT2D eigenvalue weighted by Gasteiger charge is 2.07. The minimum Gasteiger partial charge on any atom is -0.330 e. The zero-order chi connectivity index (χ0) is 23.2. The summed E-state index contributed by atoms with van der Waals surface area (Å²) in [5.41, 5.74) is 7.17. The van der Waals surface area contributed by atoms with Crippen molar-refractivity contribution in [2.45, 2.75) is 45.2 Å². The van der Waals surface area contributed by atoms with Crippen molar-refractivity contribution in [3.8, 4) is 0 Å². The van der Waals surface area contributed by atoms with E-state index in [1.54, 1.807) is 10.6 Å². The molecule has 0 atom stereocenters. The molecule has 2 heterocycles. The predicted octanol–water partition coefficient (Wildman–Crippen LogP) is 4.91. The van der Waals surface area contributed by atoms with Crippen molar-refractivity contribution in [1.29, 1.82) is 0 Å². The smallest absolute Gasteiger partial charge is 0.252 e. The fraction of sp³-hybridized carbons (Fsp3) is 0.259. The van der Waals surface area contributed by atoms with Crippen LogP contribution in [0, 0.1) is 20.8 Å². The largest absolute Gasteiger partial charge is 0.330 e. The van der Waals surface area contributed by atoms with Gasteiger partial charge >= 0.3 is 0 Å². The third-order valence-electron chi connectivity index (χ3n) is 5.65. The number of rotatable bonds is 9. The monoisotopic (exact) mass is 458 g/mol. The van der Waals surface area contributed by atoms with Crippen LogP contribution in [0.4, 0.5) is 0 Å². The molecule has 170 valence electrons. The molecule has 6 heteroatoms. The molecule has 4 aromatic rings.